The number of nitrogens with zero attached hydrogens (tertiary/aromatic N) is 4. The van der Waals surface area contributed by atoms with E-state index in [4.69, 9.17) is 4.74 Å². The maximum absolute atomic E-state index is 15.0. The van der Waals surface area contributed by atoms with Crippen molar-refractivity contribution in [2.75, 3.05) is 34.1 Å². The van der Waals surface area contributed by atoms with Gasteiger partial charge in [0.15, 0.2) is 29.1 Å². The Morgan fingerprint density at radius 2 is 2.08 bits per heavy atom. The van der Waals surface area contributed by atoms with Crippen molar-refractivity contribution in [2.24, 2.45) is 0 Å². The van der Waals surface area contributed by atoms with E-state index >= 15 is 0 Å². The zero-order valence-corrected chi connectivity index (χ0v) is 19.4. The van der Waals surface area contributed by atoms with Crippen LogP contribution < -0.4 is 14.5 Å². The fourth-order valence-electron chi connectivity index (χ4n) is 3.67. The largest absolute Gasteiger partial charge is 0.490 e. The molecule has 1 saturated heterocycles. The number of ketones is 1. The van der Waals surface area contributed by atoms with Crippen molar-refractivity contribution in [3.8, 4) is 0 Å². The Morgan fingerprint density at radius 1 is 1.33 bits per heavy atom. The van der Waals surface area contributed by atoms with Gasteiger partial charge in [-0.3, -0.25) is 19.4 Å². The molecule has 0 saturated carbocycles. The Morgan fingerprint density at radius 3 is 2.69 bits per heavy atom. The normalized spacial score (nSPS) is 19.3. The predicted octanol–water partition coefficient (Wildman–Crippen LogP) is 2.88. The summed E-state index contributed by atoms with van der Waals surface area (Å²) in [5.41, 5.74) is -1.50. The van der Waals surface area contributed by atoms with E-state index in [0.717, 1.165) is 30.4 Å². The number of hydrogen-bond acceptors (Lipinski definition) is 9. The molecule has 1 amide bonds. The Kier molecular flexibility index (Phi) is 6.78. The van der Waals surface area contributed by atoms with E-state index in [-0.39, 0.29) is 24.6 Å². The number of cyclic esters (lactones) is 1. The minimum atomic E-state index is -4.84. The number of rotatable bonds is 7. The number of aromatic nitrogens is 1. The van der Waals surface area contributed by atoms with Crippen LogP contribution in [0.2, 0.25) is 0 Å². The van der Waals surface area contributed by atoms with Gasteiger partial charge < -0.3 is 18.7 Å². The van der Waals surface area contributed by atoms with Gasteiger partial charge in [0.05, 0.1) is 18.8 Å². The first-order valence-electron chi connectivity index (χ1n) is 10.3. The summed E-state index contributed by atoms with van der Waals surface area (Å²) in [7, 11) is -4.84. The second-order valence-corrected chi connectivity index (χ2v) is 9.36. The summed E-state index contributed by atoms with van der Waals surface area (Å²) in [6.45, 7) is -0.237. The number of hydrogen-bond donors (Lipinski definition) is 1. The average Bonchev–Trinajstić information content (AvgIpc) is 3.45. The van der Waals surface area contributed by atoms with Crippen LogP contribution in [0.1, 0.15) is 13.3 Å². The lowest BCUT2D eigenvalue weighted by Crippen LogP contribution is -2.34. The Bertz CT molecular complexity index is 1290. The van der Waals surface area contributed by atoms with Gasteiger partial charge in [0.1, 0.15) is 18.1 Å². The maximum Gasteiger partial charge on any atom is 0.490 e. The first-order valence-corrected chi connectivity index (χ1v) is 11.9. The van der Waals surface area contributed by atoms with Gasteiger partial charge in [-0.15, -0.1) is 0 Å². The van der Waals surface area contributed by atoms with Gasteiger partial charge in [-0.05, 0) is 6.08 Å². The van der Waals surface area contributed by atoms with Crippen LogP contribution in [0.4, 0.5) is 35.2 Å². The minimum absolute atomic E-state index is 0.0248. The Hall–Kier alpha value is -3.84. The molecule has 4 rings (SSSR count). The van der Waals surface area contributed by atoms with Crippen LogP contribution in [0, 0.1) is 17.5 Å². The fourth-order valence-corrected chi connectivity index (χ4v) is 4.85. The van der Waals surface area contributed by atoms with Crippen molar-refractivity contribution >= 4 is 42.8 Å². The monoisotopic (exact) mass is 530 g/mol. The third kappa shape index (κ3) is 4.93. The first-order chi connectivity index (χ1) is 17.0. The summed E-state index contributed by atoms with van der Waals surface area (Å²) < 4.78 is 72.1. The molecular formula is C20H18F3N4O8P. The average molecular weight is 530 g/mol. The van der Waals surface area contributed by atoms with E-state index in [1.54, 1.807) is 0 Å². The zero-order chi connectivity index (χ0) is 26.2. The van der Waals surface area contributed by atoms with Crippen molar-refractivity contribution in [3.63, 3.8) is 0 Å². The lowest BCUT2D eigenvalue weighted by molar-refractivity contribution is -0.132. The van der Waals surface area contributed by atoms with Crippen LogP contribution >= 0.6 is 7.75 Å². The van der Waals surface area contributed by atoms with Crippen molar-refractivity contribution < 1.29 is 50.8 Å². The number of carbonyl (C=O) groups is 3. The number of amides is 1. The topological polar surface area (TPSA) is 143 Å². The second-order valence-electron chi connectivity index (χ2n) is 7.71. The smallest absolute Gasteiger partial charge is 0.442 e. The molecule has 2 atom stereocenters. The van der Waals surface area contributed by atoms with Gasteiger partial charge in [-0.25, -0.2) is 27.2 Å². The van der Waals surface area contributed by atoms with Crippen LogP contribution in [-0.4, -0.2) is 53.6 Å². The number of benzene rings is 1. The molecule has 0 aliphatic carbocycles. The van der Waals surface area contributed by atoms with E-state index in [1.165, 1.54) is 6.07 Å². The van der Waals surface area contributed by atoms with Gasteiger partial charge in [0.2, 0.25) is 0 Å². The molecule has 2 aliphatic heterocycles. The molecule has 12 nitrogen and oxygen atoms in total. The van der Waals surface area contributed by atoms with Crippen molar-refractivity contribution in [2.45, 2.75) is 19.4 Å². The Labute approximate surface area is 201 Å². The Balaban J connectivity index is 1.59. The predicted molar refractivity (Wildman–Crippen MR) is 115 cm³/mol. The van der Waals surface area contributed by atoms with Gasteiger partial charge in [0, 0.05) is 38.2 Å². The second kappa shape index (κ2) is 9.66. The van der Waals surface area contributed by atoms with Gasteiger partial charge in [-0.1, -0.05) is 5.16 Å². The van der Waals surface area contributed by atoms with Crippen LogP contribution in [0.5, 0.6) is 0 Å². The minimum Gasteiger partial charge on any atom is -0.442 e. The lowest BCUT2D eigenvalue weighted by atomic mass is 10.1. The number of anilines is 3. The number of carbonyl (C=O) groups excluding carboxylic acids is 3. The molecule has 2 aliphatic rings. The fraction of sp³-hybridized carbons (Fsp3) is 0.300. The number of allylic oxidation sites excluding steroid dienone is 1. The molecule has 0 radical (unpaired) electrons. The van der Waals surface area contributed by atoms with Gasteiger partial charge in [-0.2, -0.15) is 0 Å². The molecule has 1 N–H and O–H groups in total. The van der Waals surface area contributed by atoms with Gasteiger partial charge in [0.25, 0.3) is 0 Å². The molecule has 2 unspecified atom stereocenters. The van der Waals surface area contributed by atoms with Crippen LogP contribution in [0.15, 0.2) is 35.2 Å². The van der Waals surface area contributed by atoms with E-state index in [9.17, 15) is 37.0 Å². The highest BCUT2D eigenvalue weighted by molar-refractivity contribution is 7.55. The highest BCUT2D eigenvalue weighted by Crippen LogP contribution is 2.49. The number of halogens is 3. The van der Waals surface area contributed by atoms with E-state index < -0.39 is 67.8 Å². The molecule has 192 valence electrons. The van der Waals surface area contributed by atoms with E-state index in [1.807, 2.05) is 0 Å². The third-order valence-electron chi connectivity index (χ3n) is 5.22. The lowest BCUT2D eigenvalue weighted by Gasteiger charge is -2.26. The SMILES string of the molecule is CC(=O)OP(=O)(O)N(CC1CN(c2cc(F)c(N3C=CC(=O)CC3)c(F)c2F)C(=O)O1)c1ccon1. The van der Waals surface area contributed by atoms with Crippen LogP contribution in [0.3, 0.4) is 0 Å². The van der Waals surface area contributed by atoms with Crippen molar-refractivity contribution in [1.82, 2.24) is 5.16 Å². The molecule has 1 fully saturated rings. The summed E-state index contributed by atoms with van der Waals surface area (Å²) in [6, 6.07) is 1.78. The molecular weight excluding hydrogens is 512 g/mol. The standard InChI is InChI=1S/C20H18F3N4O8P/c1-11(28)35-36(31,32)27(16-4-7-33-24-16)10-13-9-26(20(30)34-13)15-8-14(21)19(18(23)17(15)22)25-5-2-12(29)3-6-25/h2,4-5,7-8,13H,3,6,9-10H2,1H3,(H,31,32). The molecule has 0 bridgehead atoms. The van der Waals surface area contributed by atoms with Crippen LogP contribution in [0.25, 0.3) is 0 Å². The van der Waals surface area contributed by atoms with E-state index in [2.05, 4.69) is 14.2 Å². The quantitative estimate of drug-likeness (QED) is 0.417. The highest BCUT2D eigenvalue weighted by Gasteiger charge is 2.42. The van der Waals surface area contributed by atoms with E-state index in [0.29, 0.717) is 15.6 Å². The molecule has 36 heavy (non-hydrogen) atoms. The summed E-state index contributed by atoms with van der Waals surface area (Å²) >= 11 is 0. The molecule has 3 heterocycles. The van der Waals surface area contributed by atoms with Crippen molar-refractivity contribution in [3.05, 3.63) is 48.1 Å². The summed E-state index contributed by atoms with van der Waals surface area (Å²) in [4.78, 5) is 46.9. The third-order valence-corrected chi connectivity index (χ3v) is 6.70. The number of ether oxygens (including phenoxy) is 1. The summed E-state index contributed by atoms with van der Waals surface area (Å²) in [6.07, 6.45) is 0.844. The van der Waals surface area contributed by atoms with Crippen LogP contribution in [-0.2, 0) is 23.4 Å². The molecule has 1 aromatic heterocycles. The van der Waals surface area contributed by atoms with Crippen molar-refractivity contribution in [1.29, 1.82) is 0 Å². The molecule has 2 aromatic rings. The first kappa shape index (κ1) is 25.3. The summed E-state index contributed by atoms with van der Waals surface area (Å²) in [5.74, 6) is -5.90. The summed E-state index contributed by atoms with van der Waals surface area (Å²) in [5, 5.41) is 3.51. The maximum atomic E-state index is 15.0. The zero-order valence-electron chi connectivity index (χ0n) is 18.5. The van der Waals surface area contributed by atoms with Gasteiger partial charge >= 0.3 is 19.8 Å². The molecule has 16 heteroatoms. The molecule has 0 spiro atoms. The molecule has 1 aromatic carbocycles. The highest BCUT2D eigenvalue weighted by atomic mass is 31.2.